The molecule has 0 atom stereocenters. The summed E-state index contributed by atoms with van der Waals surface area (Å²) in [5.74, 6) is 0. The van der Waals surface area contributed by atoms with Gasteiger partial charge in [0, 0.05) is 10.0 Å². The summed E-state index contributed by atoms with van der Waals surface area (Å²) in [6, 6.07) is 9.77. The number of nitriles is 1. The SMILES string of the molecule is Cc1ncc(C#N)nc1-c1ccc(Br)cc1. The topological polar surface area (TPSA) is 49.6 Å². The maximum absolute atomic E-state index is 8.78. The quantitative estimate of drug-likeness (QED) is 0.802. The van der Waals surface area contributed by atoms with E-state index in [1.165, 1.54) is 6.20 Å². The largest absolute Gasteiger partial charge is 0.256 e. The van der Waals surface area contributed by atoms with Gasteiger partial charge >= 0.3 is 0 Å². The first-order valence-corrected chi connectivity index (χ1v) is 5.49. The van der Waals surface area contributed by atoms with Crippen molar-refractivity contribution in [2.75, 3.05) is 0 Å². The number of hydrogen-bond donors (Lipinski definition) is 0. The van der Waals surface area contributed by atoms with E-state index < -0.39 is 0 Å². The maximum Gasteiger partial charge on any atom is 0.159 e. The zero-order chi connectivity index (χ0) is 11.5. The number of nitrogens with zero attached hydrogens (tertiary/aromatic N) is 3. The van der Waals surface area contributed by atoms with Crippen molar-refractivity contribution in [3.63, 3.8) is 0 Å². The molecule has 0 fully saturated rings. The zero-order valence-electron chi connectivity index (χ0n) is 8.61. The first-order chi connectivity index (χ1) is 7.70. The van der Waals surface area contributed by atoms with Crippen molar-refractivity contribution in [3.05, 3.63) is 46.3 Å². The van der Waals surface area contributed by atoms with Crippen molar-refractivity contribution < 1.29 is 0 Å². The summed E-state index contributed by atoms with van der Waals surface area (Å²) in [5.41, 5.74) is 2.88. The second kappa shape index (κ2) is 4.42. The maximum atomic E-state index is 8.78. The highest BCUT2D eigenvalue weighted by atomic mass is 79.9. The van der Waals surface area contributed by atoms with E-state index in [1.807, 2.05) is 37.3 Å². The Labute approximate surface area is 102 Å². The Morgan fingerprint density at radius 3 is 2.56 bits per heavy atom. The highest BCUT2D eigenvalue weighted by Gasteiger charge is 2.06. The highest BCUT2D eigenvalue weighted by Crippen LogP contribution is 2.21. The molecule has 0 bridgehead atoms. The minimum Gasteiger partial charge on any atom is -0.256 e. The van der Waals surface area contributed by atoms with Crippen LogP contribution < -0.4 is 0 Å². The Kier molecular flexibility index (Phi) is 2.97. The van der Waals surface area contributed by atoms with Crippen LogP contribution in [0.3, 0.4) is 0 Å². The van der Waals surface area contributed by atoms with Gasteiger partial charge in [-0.1, -0.05) is 28.1 Å². The third-order valence-corrected chi connectivity index (χ3v) is 2.72. The molecule has 0 N–H and O–H groups in total. The number of hydrogen-bond acceptors (Lipinski definition) is 3. The molecular weight excluding hydrogens is 266 g/mol. The predicted octanol–water partition coefficient (Wildman–Crippen LogP) is 3.09. The fraction of sp³-hybridized carbons (Fsp3) is 0.0833. The van der Waals surface area contributed by atoms with Crippen LogP contribution in [0.2, 0.25) is 0 Å². The lowest BCUT2D eigenvalue weighted by Gasteiger charge is -2.04. The lowest BCUT2D eigenvalue weighted by atomic mass is 10.1. The van der Waals surface area contributed by atoms with Gasteiger partial charge in [0.15, 0.2) is 5.69 Å². The van der Waals surface area contributed by atoms with Gasteiger partial charge in [0.2, 0.25) is 0 Å². The Morgan fingerprint density at radius 2 is 1.94 bits per heavy atom. The molecule has 0 radical (unpaired) electrons. The first-order valence-electron chi connectivity index (χ1n) is 4.70. The molecular formula is C12H8BrN3. The van der Waals surface area contributed by atoms with Crippen molar-refractivity contribution in [2.24, 2.45) is 0 Å². The molecule has 3 nitrogen and oxygen atoms in total. The van der Waals surface area contributed by atoms with Crippen LogP contribution in [0.25, 0.3) is 11.3 Å². The smallest absolute Gasteiger partial charge is 0.159 e. The molecule has 16 heavy (non-hydrogen) atoms. The fourth-order valence-corrected chi connectivity index (χ4v) is 1.65. The van der Waals surface area contributed by atoms with Gasteiger partial charge in [-0.25, -0.2) is 4.98 Å². The highest BCUT2D eigenvalue weighted by molar-refractivity contribution is 9.10. The Bertz CT molecular complexity index is 555. The fourth-order valence-electron chi connectivity index (χ4n) is 1.38. The van der Waals surface area contributed by atoms with Crippen molar-refractivity contribution in [2.45, 2.75) is 6.92 Å². The number of benzene rings is 1. The standard InChI is InChI=1S/C12H8BrN3/c1-8-12(16-11(6-14)7-15-8)9-2-4-10(13)5-3-9/h2-5,7H,1H3. The third-order valence-electron chi connectivity index (χ3n) is 2.19. The molecule has 4 heteroatoms. The molecule has 1 heterocycles. The average molecular weight is 274 g/mol. The third kappa shape index (κ3) is 2.10. The van der Waals surface area contributed by atoms with E-state index in [0.717, 1.165) is 21.4 Å². The molecule has 2 rings (SSSR count). The number of aromatic nitrogens is 2. The van der Waals surface area contributed by atoms with Gasteiger partial charge in [-0.15, -0.1) is 0 Å². The lowest BCUT2D eigenvalue weighted by molar-refractivity contribution is 1.10. The normalized spacial score (nSPS) is 9.81. The van der Waals surface area contributed by atoms with Crippen molar-refractivity contribution in [1.82, 2.24) is 9.97 Å². The Balaban J connectivity index is 2.55. The summed E-state index contributed by atoms with van der Waals surface area (Å²) >= 11 is 3.38. The van der Waals surface area contributed by atoms with Gasteiger partial charge in [0.05, 0.1) is 17.6 Å². The molecule has 1 aromatic heterocycles. The number of rotatable bonds is 1. The summed E-state index contributed by atoms with van der Waals surface area (Å²) in [6.07, 6.45) is 1.48. The molecule has 0 unspecified atom stereocenters. The van der Waals surface area contributed by atoms with Crippen molar-refractivity contribution in [3.8, 4) is 17.3 Å². The van der Waals surface area contributed by atoms with E-state index in [2.05, 4.69) is 25.9 Å². The van der Waals surface area contributed by atoms with Crippen LogP contribution in [0.1, 0.15) is 11.4 Å². The van der Waals surface area contributed by atoms with Crippen molar-refractivity contribution >= 4 is 15.9 Å². The zero-order valence-corrected chi connectivity index (χ0v) is 10.2. The van der Waals surface area contributed by atoms with Gasteiger partial charge in [-0.3, -0.25) is 4.98 Å². The second-order valence-electron chi connectivity index (χ2n) is 3.31. The van der Waals surface area contributed by atoms with Gasteiger partial charge < -0.3 is 0 Å². The van der Waals surface area contributed by atoms with Gasteiger partial charge in [-0.05, 0) is 19.1 Å². The van der Waals surface area contributed by atoms with E-state index in [1.54, 1.807) is 0 Å². The lowest BCUT2D eigenvalue weighted by Crippen LogP contribution is -1.94. The minimum absolute atomic E-state index is 0.337. The van der Waals surface area contributed by atoms with Crippen LogP contribution >= 0.6 is 15.9 Å². The van der Waals surface area contributed by atoms with E-state index >= 15 is 0 Å². The molecule has 78 valence electrons. The molecule has 0 spiro atoms. The van der Waals surface area contributed by atoms with Crippen LogP contribution in [0.5, 0.6) is 0 Å². The van der Waals surface area contributed by atoms with Crippen LogP contribution in [0, 0.1) is 18.3 Å². The minimum atomic E-state index is 0.337. The summed E-state index contributed by atoms with van der Waals surface area (Å²) in [7, 11) is 0. The number of halogens is 1. The average Bonchev–Trinajstić information content (AvgIpc) is 2.31. The molecule has 2 aromatic rings. The molecule has 0 saturated heterocycles. The van der Waals surface area contributed by atoms with Crippen LogP contribution in [-0.4, -0.2) is 9.97 Å². The predicted molar refractivity (Wildman–Crippen MR) is 64.6 cm³/mol. The van der Waals surface area contributed by atoms with Crippen LogP contribution in [0.4, 0.5) is 0 Å². The first kappa shape index (κ1) is 10.8. The second-order valence-corrected chi connectivity index (χ2v) is 4.22. The van der Waals surface area contributed by atoms with Crippen LogP contribution in [-0.2, 0) is 0 Å². The Hall–Kier alpha value is -1.73. The monoisotopic (exact) mass is 273 g/mol. The molecule has 0 amide bonds. The summed E-state index contributed by atoms with van der Waals surface area (Å²) in [6.45, 7) is 1.88. The van der Waals surface area contributed by atoms with E-state index in [9.17, 15) is 0 Å². The van der Waals surface area contributed by atoms with Crippen LogP contribution in [0.15, 0.2) is 34.9 Å². The molecule has 0 aliphatic carbocycles. The summed E-state index contributed by atoms with van der Waals surface area (Å²) < 4.78 is 1.01. The molecule has 0 saturated carbocycles. The summed E-state index contributed by atoms with van der Waals surface area (Å²) in [5, 5.41) is 8.78. The van der Waals surface area contributed by atoms with Gasteiger partial charge in [0.1, 0.15) is 6.07 Å². The van der Waals surface area contributed by atoms with Crippen molar-refractivity contribution in [1.29, 1.82) is 5.26 Å². The molecule has 0 aliphatic heterocycles. The molecule has 0 aliphatic rings. The number of aryl methyl sites for hydroxylation is 1. The van der Waals surface area contributed by atoms with E-state index in [4.69, 9.17) is 5.26 Å². The summed E-state index contributed by atoms with van der Waals surface area (Å²) in [4.78, 5) is 8.40. The van der Waals surface area contributed by atoms with Gasteiger partial charge in [-0.2, -0.15) is 5.26 Å². The van der Waals surface area contributed by atoms with E-state index in [-0.39, 0.29) is 0 Å². The van der Waals surface area contributed by atoms with E-state index in [0.29, 0.717) is 5.69 Å². The molecule has 1 aromatic carbocycles. The Morgan fingerprint density at radius 1 is 1.25 bits per heavy atom. The van der Waals surface area contributed by atoms with Gasteiger partial charge in [0.25, 0.3) is 0 Å².